The average Bonchev–Trinajstić information content (AvgIpc) is 3.22. The maximum absolute atomic E-state index is 14.8. The largest absolute Gasteiger partial charge is 0.365 e. The Bertz CT molecular complexity index is 1090. The Balaban J connectivity index is 2.04. The molecular formula is C18H15FN4S. The predicted molar refractivity (Wildman–Crippen MR) is 99.0 cm³/mol. The van der Waals surface area contributed by atoms with Crippen molar-refractivity contribution in [1.29, 1.82) is 0 Å². The maximum atomic E-state index is 14.8. The van der Waals surface area contributed by atoms with E-state index in [0.717, 1.165) is 31.9 Å². The number of anilines is 1. The van der Waals surface area contributed by atoms with Gasteiger partial charge in [-0.05, 0) is 35.7 Å². The van der Waals surface area contributed by atoms with Gasteiger partial charge in [-0.15, -0.1) is 0 Å². The van der Waals surface area contributed by atoms with Gasteiger partial charge in [0.05, 0.1) is 21.9 Å². The Labute approximate surface area is 142 Å². The lowest BCUT2D eigenvalue weighted by Gasteiger charge is -2.12. The Kier molecular flexibility index (Phi) is 3.35. The van der Waals surface area contributed by atoms with Crippen LogP contribution < -0.4 is 5.32 Å². The molecule has 4 rings (SSSR count). The van der Waals surface area contributed by atoms with E-state index >= 15 is 0 Å². The molecule has 0 spiro atoms. The second-order valence-corrected chi connectivity index (χ2v) is 6.57. The second kappa shape index (κ2) is 5.42. The number of benzene rings is 2. The van der Waals surface area contributed by atoms with Gasteiger partial charge in [0.2, 0.25) is 0 Å². The summed E-state index contributed by atoms with van der Waals surface area (Å²) >= 11 is 1.58. The quantitative estimate of drug-likeness (QED) is 0.554. The van der Waals surface area contributed by atoms with E-state index in [1.54, 1.807) is 24.5 Å². The van der Waals surface area contributed by atoms with Gasteiger partial charge in [0.25, 0.3) is 0 Å². The maximum Gasteiger partial charge on any atom is 0.183 e. The van der Waals surface area contributed by atoms with Crippen LogP contribution in [0.5, 0.6) is 0 Å². The summed E-state index contributed by atoms with van der Waals surface area (Å²) in [6.07, 6.45) is 3.26. The number of thiazole rings is 1. The lowest BCUT2D eigenvalue weighted by Crippen LogP contribution is -1.94. The van der Waals surface area contributed by atoms with Gasteiger partial charge in [0, 0.05) is 18.0 Å². The molecule has 0 bridgehead atoms. The number of aromatic nitrogens is 3. The van der Waals surface area contributed by atoms with Crippen molar-refractivity contribution < 1.29 is 4.39 Å². The third-order valence-electron chi connectivity index (χ3n) is 4.21. The van der Waals surface area contributed by atoms with Crippen molar-refractivity contribution in [3.05, 3.63) is 47.9 Å². The minimum atomic E-state index is -0.267. The Morgan fingerprint density at radius 2 is 2.21 bits per heavy atom. The number of halogens is 1. The molecule has 4 aromatic rings. The van der Waals surface area contributed by atoms with Crippen molar-refractivity contribution >= 4 is 43.7 Å². The highest BCUT2D eigenvalue weighted by atomic mass is 32.1. The highest BCUT2D eigenvalue weighted by Gasteiger charge is 2.18. The molecule has 0 saturated carbocycles. The fourth-order valence-electron chi connectivity index (χ4n) is 3.06. The first-order valence-corrected chi connectivity index (χ1v) is 8.32. The van der Waals surface area contributed by atoms with E-state index < -0.39 is 0 Å². The van der Waals surface area contributed by atoms with Crippen molar-refractivity contribution in [3.8, 4) is 11.1 Å². The molecule has 2 aromatic heterocycles. The van der Waals surface area contributed by atoms with Gasteiger partial charge in [-0.25, -0.2) is 9.37 Å². The number of H-pyrrole nitrogens is 1. The molecule has 0 unspecified atom stereocenters. The molecule has 0 radical (unpaired) electrons. The summed E-state index contributed by atoms with van der Waals surface area (Å²) in [7, 11) is 1.85. The minimum Gasteiger partial charge on any atom is -0.365 e. The Morgan fingerprint density at radius 3 is 2.96 bits per heavy atom. The SMILES string of the molecule is C=Cc1c(F)c(C)c(-c2ccc3nc(NC)sc3c2)c2cn[nH]c12. The number of nitrogens with zero attached hydrogens (tertiary/aromatic N) is 2. The van der Waals surface area contributed by atoms with Crippen LogP contribution >= 0.6 is 11.3 Å². The molecule has 2 heterocycles. The standard InChI is InChI=1S/C18H15FN4S/c1-4-11-16(19)9(2)15(12-8-21-23-17(11)12)10-5-6-13-14(7-10)24-18(20-3)22-13/h4-8H,1H2,2-3H3,(H,20,22)(H,21,23). The smallest absolute Gasteiger partial charge is 0.183 e. The van der Waals surface area contributed by atoms with Gasteiger partial charge in [0.15, 0.2) is 5.13 Å². The molecule has 0 fully saturated rings. The fourth-order valence-corrected chi connectivity index (χ4v) is 3.91. The minimum absolute atomic E-state index is 0.267. The number of hydrogen-bond donors (Lipinski definition) is 2. The van der Waals surface area contributed by atoms with Gasteiger partial charge >= 0.3 is 0 Å². The van der Waals surface area contributed by atoms with Gasteiger partial charge < -0.3 is 5.32 Å². The van der Waals surface area contributed by atoms with Gasteiger partial charge in [-0.3, -0.25) is 5.10 Å². The Hall–Kier alpha value is -2.73. The van der Waals surface area contributed by atoms with Gasteiger partial charge in [-0.2, -0.15) is 5.10 Å². The first-order valence-electron chi connectivity index (χ1n) is 7.50. The van der Waals surface area contributed by atoms with Gasteiger partial charge in [-0.1, -0.05) is 30.1 Å². The summed E-state index contributed by atoms with van der Waals surface area (Å²) in [6.45, 7) is 5.51. The molecule has 0 atom stereocenters. The van der Waals surface area contributed by atoms with E-state index in [9.17, 15) is 4.39 Å². The molecule has 24 heavy (non-hydrogen) atoms. The van der Waals surface area contributed by atoms with E-state index in [1.165, 1.54) is 6.08 Å². The molecular weight excluding hydrogens is 323 g/mol. The van der Waals surface area contributed by atoms with Crippen LogP contribution in [0.25, 0.3) is 38.3 Å². The topological polar surface area (TPSA) is 53.6 Å². The van der Waals surface area contributed by atoms with Gasteiger partial charge in [0.1, 0.15) is 5.82 Å². The number of nitrogens with one attached hydrogen (secondary N) is 2. The third kappa shape index (κ3) is 2.03. The molecule has 0 saturated heterocycles. The molecule has 4 nitrogen and oxygen atoms in total. The van der Waals surface area contributed by atoms with Crippen molar-refractivity contribution in [2.75, 3.05) is 12.4 Å². The molecule has 2 aromatic carbocycles. The van der Waals surface area contributed by atoms with Crippen molar-refractivity contribution in [3.63, 3.8) is 0 Å². The summed E-state index contributed by atoms with van der Waals surface area (Å²) in [4.78, 5) is 4.49. The van der Waals surface area contributed by atoms with Crippen LogP contribution in [0.3, 0.4) is 0 Å². The van der Waals surface area contributed by atoms with Crippen LogP contribution in [0, 0.1) is 12.7 Å². The molecule has 6 heteroatoms. The molecule has 0 aliphatic rings. The van der Waals surface area contributed by atoms with E-state index in [0.29, 0.717) is 16.6 Å². The Morgan fingerprint density at radius 1 is 1.38 bits per heavy atom. The van der Waals surface area contributed by atoms with Crippen LogP contribution in [0.2, 0.25) is 0 Å². The van der Waals surface area contributed by atoms with Crippen LogP contribution in [-0.2, 0) is 0 Å². The van der Waals surface area contributed by atoms with E-state index in [4.69, 9.17) is 0 Å². The van der Waals surface area contributed by atoms with Crippen LogP contribution in [0.4, 0.5) is 9.52 Å². The molecule has 120 valence electrons. The summed E-state index contributed by atoms with van der Waals surface area (Å²) in [5, 5.41) is 11.8. The van der Waals surface area contributed by atoms with Crippen molar-refractivity contribution in [2.45, 2.75) is 6.92 Å². The zero-order valence-electron chi connectivity index (χ0n) is 13.3. The highest BCUT2D eigenvalue weighted by Crippen LogP contribution is 2.38. The highest BCUT2D eigenvalue weighted by molar-refractivity contribution is 7.22. The zero-order valence-corrected chi connectivity index (χ0v) is 14.1. The average molecular weight is 338 g/mol. The predicted octanol–water partition coefficient (Wildman–Crippen LogP) is 4.97. The summed E-state index contributed by atoms with van der Waals surface area (Å²) in [6, 6.07) is 5.99. The lowest BCUT2D eigenvalue weighted by molar-refractivity contribution is 0.618. The van der Waals surface area contributed by atoms with Crippen LogP contribution in [0.1, 0.15) is 11.1 Å². The lowest BCUT2D eigenvalue weighted by atomic mass is 9.93. The zero-order chi connectivity index (χ0) is 16.8. The monoisotopic (exact) mass is 338 g/mol. The first-order chi connectivity index (χ1) is 11.6. The normalized spacial score (nSPS) is 11.3. The van der Waals surface area contributed by atoms with E-state index in [1.807, 2.05) is 19.2 Å². The molecule has 0 amide bonds. The molecule has 0 aliphatic carbocycles. The van der Waals surface area contributed by atoms with Crippen LogP contribution in [0.15, 0.2) is 31.0 Å². The summed E-state index contributed by atoms with van der Waals surface area (Å²) in [5.74, 6) is -0.267. The number of aromatic amines is 1. The van der Waals surface area contributed by atoms with E-state index in [-0.39, 0.29) is 5.82 Å². The summed E-state index contributed by atoms with van der Waals surface area (Å²) < 4.78 is 15.8. The number of fused-ring (bicyclic) bond motifs is 2. The van der Waals surface area contributed by atoms with Crippen molar-refractivity contribution in [2.24, 2.45) is 0 Å². The second-order valence-electron chi connectivity index (χ2n) is 5.54. The fraction of sp³-hybridized carbons (Fsp3) is 0.111. The molecule has 0 aliphatic heterocycles. The number of rotatable bonds is 3. The third-order valence-corrected chi connectivity index (χ3v) is 5.25. The number of hydrogen-bond acceptors (Lipinski definition) is 4. The molecule has 2 N–H and O–H groups in total. The van der Waals surface area contributed by atoms with Crippen molar-refractivity contribution in [1.82, 2.24) is 15.2 Å². The van der Waals surface area contributed by atoms with E-state index in [2.05, 4.69) is 33.1 Å². The first kappa shape index (κ1) is 14.8. The summed E-state index contributed by atoms with van der Waals surface area (Å²) in [5.41, 5.74) is 4.45. The van der Waals surface area contributed by atoms with Crippen LogP contribution in [-0.4, -0.2) is 22.2 Å².